The highest BCUT2D eigenvalue weighted by atomic mass is 32.2. The second-order valence-corrected chi connectivity index (χ2v) is 2.94. The standard InChI is InChI=1S/C7H7N3OS/c1-4-5(3-8)6(11)10-7(9-4)12-2/h1-2H3,(H,9,10,11). The first-order valence-corrected chi connectivity index (χ1v) is 4.46. The van der Waals surface area contributed by atoms with E-state index in [9.17, 15) is 4.79 Å². The molecule has 0 aliphatic rings. The van der Waals surface area contributed by atoms with Crippen molar-refractivity contribution in [2.24, 2.45) is 0 Å². The van der Waals surface area contributed by atoms with Gasteiger partial charge in [0.05, 0.1) is 5.69 Å². The first-order chi connectivity index (χ1) is 5.69. The summed E-state index contributed by atoms with van der Waals surface area (Å²) in [5.41, 5.74) is 0.202. The van der Waals surface area contributed by atoms with Crippen LogP contribution >= 0.6 is 11.8 Å². The summed E-state index contributed by atoms with van der Waals surface area (Å²) in [5, 5.41) is 9.08. The second-order valence-electron chi connectivity index (χ2n) is 2.15. The lowest BCUT2D eigenvalue weighted by Crippen LogP contribution is -2.14. The zero-order valence-corrected chi connectivity index (χ0v) is 7.53. The molecule has 1 N–H and O–H groups in total. The smallest absolute Gasteiger partial charge is 0.269 e. The van der Waals surface area contributed by atoms with Crippen molar-refractivity contribution in [3.63, 3.8) is 0 Å². The van der Waals surface area contributed by atoms with Crippen LogP contribution in [0.1, 0.15) is 11.3 Å². The van der Waals surface area contributed by atoms with Gasteiger partial charge in [0.25, 0.3) is 5.56 Å². The van der Waals surface area contributed by atoms with Crippen molar-refractivity contribution >= 4 is 11.8 Å². The Balaban J connectivity index is 3.41. The third-order valence-corrected chi connectivity index (χ3v) is 1.96. The van der Waals surface area contributed by atoms with E-state index < -0.39 is 0 Å². The van der Waals surface area contributed by atoms with Gasteiger partial charge in [0.1, 0.15) is 11.6 Å². The molecule has 0 saturated heterocycles. The number of aromatic amines is 1. The zero-order valence-electron chi connectivity index (χ0n) is 6.71. The molecule has 1 aromatic rings. The van der Waals surface area contributed by atoms with Gasteiger partial charge < -0.3 is 4.98 Å². The van der Waals surface area contributed by atoms with E-state index >= 15 is 0 Å². The molecule has 0 unspecified atom stereocenters. The molecule has 0 spiro atoms. The molecule has 0 aromatic carbocycles. The number of hydrogen-bond donors (Lipinski definition) is 1. The van der Waals surface area contributed by atoms with Crippen molar-refractivity contribution in [2.45, 2.75) is 12.1 Å². The number of aromatic nitrogens is 2. The van der Waals surface area contributed by atoms with Gasteiger partial charge >= 0.3 is 0 Å². The maximum Gasteiger partial charge on any atom is 0.269 e. The number of rotatable bonds is 1. The molecule has 12 heavy (non-hydrogen) atoms. The van der Waals surface area contributed by atoms with Gasteiger partial charge in [0.2, 0.25) is 0 Å². The Hall–Kier alpha value is -1.28. The maximum absolute atomic E-state index is 11.1. The van der Waals surface area contributed by atoms with Gasteiger partial charge in [-0.25, -0.2) is 4.98 Å². The lowest BCUT2D eigenvalue weighted by molar-refractivity contribution is 0.899. The molecule has 0 atom stereocenters. The normalized spacial score (nSPS) is 9.42. The maximum atomic E-state index is 11.1. The number of aryl methyl sites for hydroxylation is 1. The third kappa shape index (κ3) is 1.48. The molecule has 62 valence electrons. The fourth-order valence-electron chi connectivity index (χ4n) is 0.788. The number of H-pyrrole nitrogens is 1. The van der Waals surface area contributed by atoms with Gasteiger partial charge in [-0.1, -0.05) is 11.8 Å². The van der Waals surface area contributed by atoms with Crippen LogP contribution in [0.5, 0.6) is 0 Å². The van der Waals surface area contributed by atoms with E-state index in [2.05, 4.69) is 9.97 Å². The molecule has 0 bridgehead atoms. The molecular formula is C7H7N3OS. The molecule has 1 rings (SSSR count). The summed E-state index contributed by atoms with van der Waals surface area (Å²) < 4.78 is 0. The lowest BCUT2D eigenvalue weighted by Gasteiger charge is -1.97. The van der Waals surface area contributed by atoms with E-state index in [1.54, 1.807) is 13.0 Å². The molecule has 0 radical (unpaired) electrons. The van der Waals surface area contributed by atoms with Gasteiger partial charge in [0, 0.05) is 0 Å². The van der Waals surface area contributed by atoms with Crippen LogP contribution in [-0.2, 0) is 0 Å². The van der Waals surface area contributed by atoms with Gasteiger partial charge in [-0.05, 0) is 13.2 Å². The number of nitrogens with zero attached hydrogens (tertiary/aromatic N) is 2. The van der Waals surface area contributed by atoms with E-state index in [1.165, 1.54) is 11.8 Å². The monoisotopic (exact) mass is 181 g/mol. The summed E-state index contributed by atoms with van der Waals surface area (Å²) in [6.45, 7) is 1.65. The van der Waals surface area contributed by atoms with Crippen LogP contribution in [0.2, 0.25) is 0 Å². The highest BCUT2D eigenvalue weighted by Crippen LogP contribution is 2.06. The SMILES string of the molecule is CSc1nc(C)c(C#N)c(=O)[nH]1. The molecule has 0 aliphatic heterocycles. The Kier molecular flexibility index (Phi) is 2.51. The minimum Gasteiger partial charge on any atom is -0.300 e. The van der Waals surface area contributed by atoms with Crippen LogP contribution in [-0.4, -0.2) is 16.2 Å². The van der Waals surface area contributed by atoms with Crippen molar-refractivity contribution in [3.8, 4) is 6.07 Å². The predicted molar refractivity (Wildman–Crippen MR) is 46.1 cm³/mol. The zero-order chi connectivity index (χ0) is 9.14. The molecular weight excluding hydrogens is 174 g/mol. The lowest BCUT2D eigenvalue weighted by atomic mass is 10.3. The average molecular weight is 181 g/mol. The van der Waals surface area contributed by atoms with E-state index in [-0.39, 0.29) is 11.1 Å². The van der Waals surface area contributed by atoms with Gasteiger partial charge in [0.15, 0.2) is 5.16 Å². The molecule has 0 fully saturated rings. The minimum atomic E-state index is -0.366. The van der Waals surface area contributed by atoms with Crippen LogP contribution in [0.25, 0.3) is 0 Å². The van der Waals surface area contributed by atoms with Crippen LogP contribution in [0, 0.1) is 18.3 Å². The Morgan fingerprint density at radius 3 is 2.75 bits per heavy atom. The summed E-state index contributed by atoms with van der Waals surface area (Å²) in [6, 6.07) is 1.80. The number of hydrogen-bond acceptors (Lipinski definition) is 4. The molecule has 4 nitrogen and oxygen atoms in total. The highest BCUT2D eigenvalue weighted by molar-refractivity contribution is 7.98. The summed E-state index contributed by atoms with van der Waals surface area (Å²) in [7, 11) is 0. The molecule has 0 aliphatic carbocycles. The summed E-state index contributed by atoms with van der Waals surface area (Å²) in [4.78, 5) is 17.6. The Morgan fingerprint density at radius 2 is 2.33 bits per heavy atom. The van der Waals surface area contributed by atoms with E-state index in [1.807, 2.05) is 6.26 Å². The Morgan fingerprint density at radius 1 is 1.67 bits per heavy atom. The number of thioether (sulfide) groups is 1. The molecule has 0 saturated carbocycles. The van der Waals surface area contributed by atoms with Crippen LogP contribution in [0.4, 0.5) is 0 Å². The summed E-state index contributed by atoms with van der Waals surface area (Å²) >= 11 is 1.34. The average Bonchev–Trinajstić information content (AvgIpc) is 2.03. The van der Waals surface area contributed by atoms with Gasteiger partial charge in [-0.3, -0.25) is 4.79 Å². The van der Waals surface area contributed by atoms with E-state index in [0.717, 1.165) is 0 Å². The van der Waals surface area contributed by atoms with Crippen molar-refractivity contribution in [1.29, 1.82) is 5.26 Å². The van der Waals surface area contributed by atoms with Crippen molar-refractivity contribution in [3.05, 3.63) is 21.6 Å². The molecule has 0 amide bonds. The van der Waals surface area contributed by atoms with Crippen LogP contribution in [0.15, 0.2) is 9.95 Å². The molecule has 5 heteroatoms. The first kappa shape index (κ1) is 8.81. The fraction of sp³-hybridized carbons (Fsp3) is 0.286. The minimum absolute atomic E-state index is 0.0906. The summed E-state index contributed by atoms with van der Waals surface area (Å²) in [6.07, 6.45) is 1.81. The quantitative estimate of drug-likeness (QED) is 0.510. The summed E-state index contributed by atoms with van der Waals surface area (Å²) in [5.74, 6) is 0. The fourth-order valence-corrected chi connectivity index (χ4v) is 1.21. The third-order valence-electron chi connectivity index (χ3n) is 1.38. The van der Waals surface area contributed by atoms with E-state index in [4.69, 9.17) is 5.26 Å². The highest BCUT2D eigenvalue weighted by Gasteiger charge is 2.05. The molecule has 1 aromatic heterocycles. The Bertz CT molecular complexity index is 391. The predicted octanol–water partition coefficient (Wildman–Crippen LogP) is 0.672. The van der Waals surface area contributed by atoms with Crippen molar-refractivity contribution in [2.75, 3.05) is 6.26 Å². The molecule has 1 heterocycles. The largest absolute Gasteiger partial charge is 0.300 e. The van der Waals surface area contributed by atoms with E-state index in [0.29, 0.717) is 10.9 Å². The topological polar surface area (TPSA) is 69.5 Å². The van der Waals surface area contributed by atoms with Crippen molar-refractivity contribution in [1.82, 2.24) is 9.97 Å². The number of nitriles is 1. The van der Waals surface area contributed by atoms with Gasteiger partial charge in [-0.2, -0.15) is 5.26 Å². The Labute approximate surface area is 73.6 Å². The second kappa shape index (κ2) is 3.41. The number of nitrogens with one attached hydrogen (secondary N) is 1. The van der Waals surface area contributed by atoms with Crippen LogP contribution in [0.3, 0.4) is 0 Å². The van der Waals surface area contributed by atoms with Gasteiger partial charge in [-0.15, -0.1) is 0 Å². The first-order valence-electron chi connectivity index (χ1n) is 3.24. The van der Waals surface area contributed by atoms with Crippen LogP contribution < -0.4 is 5.56 Å². The van der Waals surface area contributed by atoms with Crippen molar-refractivity contribution < 1.29 is 0 Å².